The molecule has 2 aliphatic carbocycles. The Balaban J connectivity index is 1.68. The van der Waals surface area contributed by atoms with Crippen molar-refractivity contribution in [2.45, 2.75) is 64.6 Å². The Bertz CT molecular complexity index is 1260. The van der Waals surface area contributed by atoms with Gasteiger partial charge in [0.2, 0.25) is 0 Å². The Morgan fingerprint density at radius 2 is 1.82 bits per heavy atom. The molecule has 0 saturated heterocycles. The molecular weight excluding hydrogens is 558 g/mol. The summed E-state index contributed by atoms with van der Waals surface area (Å²) in [6, 6.07) is 3.81. The number of alkyl halides is 3. The number of aliphatic carboxylic acids is 1. The number of carboxylic acid groups (broad SMARTS) is 1. The van der Waals surface area contributed by atoms with Crippen LogP contribution in [0.3, 0.4) is 0 Å². The topological polar surface area (TPSA) is 92.5 Å². The van der Waals surface area contributed by atoms with Gasteiger partial charge in [-0.1, -0.05) is 49.5 Å². The van der Waals surface area contributed by atoms with E-state index < -0.39 is 53.6 Å². The molecule has 212 valence electrons. The summed E-state index contributed by atoms with van der Waals surface area (Å²) in [5.41, 5.74) is -2.16. The Hall–Kier alpha value is -2.59. The van der Waals surface area contributed by atoms with Crippen molar-refractivity contribution in [3.8, 4) is 0 Å². The first-order valence-corrected chi connectivity index (χ1v) is 13.6. The van der Waals surface area contributed by atoms with Crippen LogP contribution in [0.25, 0.3) is 0 Å². The van der Waals surface area contributed by atoms with E-state index in [0.29, 0.717) is 0 Å². The molecule has 1 heterocycles. The highest BCUT2D eigenvalue weighted by Gasteiger charge is 2.45. The van der Waals surface area contributed by atoms with Gasteiger partial charge in [-0.3, -0.25) is 19.1 Å². The van der Waals surface area contributed by atoms with Crippen molar-refractivity contribution in [3.63, 3.8) is 0 Å². The molecule has 1 N–H and O–H groups in total. The Morgan fingerprint density at radius 3 is 2.33 bits per heavy atom. The maximum atomic E-state index is 14.4. The molecule has 2 saturated carbocycles. The molecule has 4 rings (SSSR count). The largest absolute Gasteiger partial charge is 0.481 e. The molecule has 0 unspecified atom stereocenters. The van der Waals surface area contributed by atoms with Gasteiger partial charge in [0.15, 0.2) is 11.5 Å². The van der Waals surface area contributed by atoms with Gasteiger partial charge in [0, 0.05) is 6.54 Å². The van der Waals surface area contributed by atoms with Crippen LogP contribution >= 0.6 is 23.2 Å². The van der Waals surface area contributed by atoms with Crippen molar-refractivity contribution in [2.75, 3.05) is 13.1 Å². The lowest BCUT2D eigenvalue weighted by atomic mass is 9.70. The minimum absolute atomic E-state index is 0.00770. The number of benzene rings is 1. The number of carbonyl (C=O) groups is 3. The second-order valence-corrected chi connectivity index (χ2v) is 11.9. The smallest absolute Gasteiger partial charge is 0.433 e. The summed E-state index contributed by atoms with van der Waals surface area (Å²) in [7, 11) is 0. The molecule has 3 atom stereocenters. The summed E-state index contributed by atoms with van der Waals surface area (Å²) in [6.45, 7) is 3.21. The first-order valence-electron chi connectivity index (χ1n) is 12.9. The first-order chi connectivity index (χ1) is 18.2. The molecule has 0 aliphatic heterocycles. The number of amides is 1. The highest BCUT2D eigenvalue weighted by atomic mass is 35.5. The van der Waals surface area contributed by atoms with Crippen molar-refractivity contribution in [1.82, 2.24) is 14.7 Å². The third-order valence-electron chi connectivity index (χ3n) is 8.10. The number of carbonyl (C=O) groups excluding carboxylic acids is 2. The quantitative estimate of drug-likeness (QED) is 0.343. The van der Waals surface area contributed by atoms with Crippen LogP contribution in [0.15, 0.2) is 24.4 Å². The molecule has 1 aromatic carbocycles. The van der Waals surface area contributed by atoms with Gasteiger partial charge in [-0.2, -0.15) is 18.3 Å². The van der Waals surface area contributed by atoms with E-state index in [1.165, 1.54) is 12.1 Å². The van der Waals surface area contributed by atoms with Crippen LogP contribution in [0, 0.1) is 17.3 Å². The van der Waals surface area contributed by atoms with Crippen LogP contribution in [-0.2, 0) is 11.0 Å². The number of ketones is 1. The lowest BCUT2D eigenvalue weighted by Gasteiger charge is -2.42. The van der Waals surface area contributed by atoms with Crippen molar-refractivity contribution in [1.29, 1.82) is 0 Å². The molecular formula is C27H30Cl2F3N3O4. The maximum absolute atomic E-state index is 14.4. The molecule has 0 radical (unpaired) electrons. The van der Waals surface area contributed by atoms with Gasteiger partial charge in [0.25, 0.3) is 5.91 Å². The van der Waals surface area contributed by atoms with Gasteiger partial charge in [-0.05, 0) is 55.6 Å². The van der Waals surface area contributed by atoms with Crippen LogP contribution in [0.4, 0.5) is 13.2 Å². The van der Waals surface area contributed by atoms with E-state index in [1.54, 1.807) is 13.0 Å². The molecule has 2 aliphatic rings. The lowest BCUT2D eigenvalue weighted by molar-refractivity contribution is -0.149. The summed E-state index contributed by atoms with van der Waals surface area (Å²) in [4.78, 5) is 39.6. The van der Waals surface area contributed by atoms with Gasteiger partial charge < -0.3 is 10.0 Å². The SMILES string of the molecule is C[C@@H]1C[C@@H](n2ncc(C(=O)N(CC(=O)c3c(Cl)cccc3Cl)CC3(C)CCC3)c2C(F)(F)F)CC[C@@H]1C(=O)O. The third-order valence-corrected chi connectivity index (χ3v) is 8.73. The predicted octanol–water partition coefficient (Wildman–Crippen LogP) is 6.79. The predicted molar refractivity (Wildman–Crippen MR) is 139 cm³/mol. The number of hydrogen-bond acceptors (Lipinski definition) is 4. The van der Waals surface area contributed by atoms with E-state index in [1.807, 2.05) is 6.92 Å². The zero-order valence-corrected chi connectivity index (χ0v) is 23.1. The Labute approximate surface area is 234 Å². The number of aromatic nitrogens is 2. The normalized spacial score (nSPS) is 22.7. The van der Waals surface area contributed by atoms with Crippen LogP contribution in [-0.4, -0.2) is 50.5 Å². The standard InChI is InChI=1S/C27H30Cl2F3N3O4/c1-15-11-16(7-8-17(15)25(38)39)35-23(27(30,31)32)18(12-33-35)24(37)34(14-26(2)9-4-10-26)13-21(36)22-19(28)5-3-6-20(22)29/h3,5-6,12,15-17H,4,7-11,13-14H2,1-2H3,(H,38,39)/t15-,16+,17+/m1/s1. The number of halogens is 5. The molecule has 1 aromatic heterocycles. The van der Waals surface area contributed by atoms with Crippen LogP contribution < -0.4 is 0 Å². The molecule has 0 bridgehead atoms. The van der Waals surface area contributed by atoms with Gasteiger partial charge in [0.1, 0.15) is 0 Å². The number of nitrogens with zero attached hydrogens (tertiary/aromatic N) is 3. The lowest BCUT2D eigenvalue weighted by Crippen LogP contribution is -2.46. The van der Waals surface area contributed by atoms with E-state index in [0.717, 1.165) is 35.0 Å². The fourth-order valence-electron chi connectivity index (χ4n) is 5.82. The zero-order valence-electron chi connectivity index (χ0n) is 21.6. The highest BCUT2D eigenvalue weighted by molar-refractivity contribution is 6.40. The average Bonchev–Trinajstić information content (AvgIpc) is 3.27. The number of hydrogen-bond donors (Lipinski definition) is 1. The van der Waals surface area contributed by atoms with Crippen LogP contribution in [0.1, 0.15) is 84.8 Å². The number of Topliss-reactive ketones (excluding diaryl/α,β-unsaturated/α-hetero) is 1. The molecule has 2 aromatic rings. The number of rotatable bonds is 8. The van der Waals surface area contributed by atoms with E-state index >= 15 is 0 Å². The molecule has 39 heavy (non-hydrogen) atoms. The minimum atomic E-state index is -4.91. The van der Waals surface area contributed by atoms with Crippen LogP contribution in [0.5, 0.6) is 0 Å². The molecule has 12 heteroatoms. The third kappa shape index (κ3) is 6.11. The summed E-state index contributed by atoms with van der Waals surface area (Å²) in [5.74, 6) is -3.52. The first kappa shape index (κ1) is 29.4. The van der Waals surface area contributed by atoms with Gasteiger partial charge >= 0.3 is 12.1 Å². The Morgan fingerprint density at radius 1 is 1.18 bits per heavy atom. The molecule has 7 nitrogen and oxygen atoms in total. The number of carboxylic acids is 1. The molecule has 2 fully saturated rings. The van der Waals surface area contributed by atoms with E-state index in [2.05, 4.69) is 5.10 Å². The maximum Gasteiger partial charge on any atom is 0.433 e. The molecule has 1 amide bonds. The van der Waals surface area contributed by atoms with Crippen molar-refractivity contribution in [2.24, 2.45) is 17.3 Å². The van der Waals surface area contributed by atoms with Crippen molar-refractivity contribution in [3.05, 3.63) is 51.3 Å². The summed E-state index contributed by atoms with van der Waals surface area (Å²) in [6.07, 6.45) is -0.961. The summed E-state index contributed by atoms with van der Waals surface area (Å²) >= 11 is 12.4. The van der Waals surface area contributed by atoms with Crippen molar-refractivity contribution >= 4 is 40.9 Å². The van der Waals surface area contributed by atoms with Gasteiger partial charge in [0.05, 0.1) is 45.9 Å². The molecule has 0 spiro atoms. The van der Waals surface area contributed by atoms with Gasteiger partial charge in [-0.25, -0.2) is 0 Å². The van der Waals surface area contributed by atoms with E-state index in [9.17, 15) is 32.7 Å². The van der Waals surface area contributed by atoms with Crippen LogP contribution in [0.2, 0.25) is 10.0 Å². The minimum Gasteiger partial charge on any atom is -0.481 e. The van der Waals surface area contributed by atoms with E-state index in [-0.39, 0.29) is 52.7 Å². The van der Waals surface area contributed by atoms with Gasteiger partial charge in [-0.15, -0.1) is 0 Å². The fourth-order valence-corrected chi connectivity index (χ4v) is 6.43. The zero-order chi connectivity index (χ0) is 28.7. The van der Waals surface area contributed by atoms with Crippen molar-refractivity contribution < 1.29 is 32.7 Å². The second-order valence-electron chi connectivity index (χ2n) is 11.1. The summed E-state index contributed by atoms with van der Waals surface area (Å²) < 4.78 is 44.1. The van der Waals surface area contributed by atoms with E-state index in [4.69, 9.17) is 23.2 Å². The monoisotopic (exact) mass is 587 g/mol. The summed E-state index contributed by atoms with van der Waals surface area (Å²) in [5, 5.41) is 13.6. The fraction of sp³-hybridized carbons (Fsp3) is 0.556. The average molecular weight is 588 g/mol. The second kappa shape index (κ2) is 11.1. The highest BCUT2D eigenvalue weighted by Crippen LogP contribution is 2.43. The Kier molecular flexibility index (Phi) is 8.38.